The molecule has 2 saturated carbocycles. The second kappa shape index (κ2) is 7.46. The van der Waals surface area contributed by atoms with Crippen LogP contribution in [-0.4, -0.2) is 34.2 Å². The number of hydrogen-bond acceptors (Lipinski definition) is 4. The molecule has 0 radical (unpaired) electrons. The third-order valence-corrected chi connectivity index (χ3v) is 9.20. The van der Waals surface area contributed by atoms with E-state index in [2.05, 4.69) is 53.9 Å². The number of thioether (sulfide) groups is 2. The summed E-state index contributed by atoms with van der Waals surface area (Å²) >= 11 is 4.36. The van der Waals surface area contributed by atoms with Gasteiger partial charge >= 0.3 is 0 Å². The van der Waals surface area contributed by atoms with Gasteiger partial charge in [0.05, 0.1) is 13.2 Å². The van der Waals surface area contributed by atoms with Gasteiger partial charge in [-0.05, 0) is 50.4 Å². The minimum Gasteiger partial charge on any atom is -0.348 e. The maximum atomic E-state index is 6.33. The van der Waals surface area contributed by atoms with Crippen LogP contribution in [0.15, 0.2) is 30.3 Å². The van der Waals surface area contributed by atoms with Crippen LogP contribution in [0.2, 0.25) is 0 Å². The molecular weight excluding hydrogens is 348 g/mol. The number of ether oxygens (including phenoxy) is 2. The molecule has 0 amide bonds. The van der Waals surface area contributed by atoms with Gasteiger partial charge in [0.15, 0.2) is 6.29 Å². The van der Waals surface area contributed by atoms with Gasteiger partial charge in [0.2, 0.25) is 0 Å². The maximum absolute atomic E-state index is 6.33. The lowest BCUT2D eigenvalue weighted by Crippen LogP contribution is -2.23. The van der Waals surface area contributed by atoms with Crippen LogP contribution in [0, 0.1) is 11.8 Å². The predicted molar refractivity (Wildman–Crippen MR) is 106 cm³/mol. The molecule has 136 valence electrons. The van der Waals surface area contributed by atoms with E-state index >= 15 is 0 Å². The summed E-state index contributed by atoms with van der Waals surface area (Å²) in [6, 6.07) is 10.5. The molecule has 2 saturated heterocycles. The van der Waals surface area contributed by atoms with E-state index in [1.165, 1.54) is 44.1 Å². The van der Waals surface area contributed by atoms with Crippen LogP contribution in [0.1, 0.15) is 50.4 Å². The fourth-order valence-electron chi connectivity index (χ4n) is 4.57. The molecule has 6 unspecified atom stereocenters. The summed E-state index contributed by atoms with van der Waals surface area (Å²) in [5.41, 5.74) is 1.17. The first-order chi connectivity index (χ1) is 12.3. The zero-order chi connectivity index (χ0) is 16.6. The summed E-state index contributed by atoms with van der Waals surface area (Å²) in [5.74, 6) is 1.45. The van der Waals surface area contributed by atoms with Crippen LogP contribution in [0.4, 0.5) is 0 Å². The standard InChI is InChI=1S/C21H28O2S2/c1-2-4-16(5-3-1)21(22-12-14-6-8-17-19(10-14)24-17)23-13-15-7-9-18-20(11-15)25-18/h1-5,14-15,17-21H,6-13H2. The van der Waals surface area contributed by atoms with E-state index in [0.29, 0.717) is 0 Å². The van der Waals surface area contributed by atoms with Gasteiger partial charge in [0, 0.05) is 26.6 Å². The second-order valence-electron chi connectivity index (χ2n) is 8.19. The van der Waals surface area contributed by atoms with E-state index in [9.17, 15) is 0 Å². The van der Waals surface area contributed by atoms with Crippen LogP contribution in [-0.2, 0) is 9.47 Å². The Bertz CT molecular complexity index is 549. The molecule has 4 fully saturated rings. The van der Waals surface area contributed by atoms with Crippen molar-refractivity contribution in [1.29, 1.82) is 0 Å². The predicted octanol–water partition coefficient (Wildman–Crippen LogP) is 5.29. The Morgan fingerprint density at radius 2 is 1.32 bits per heavy atom. The molecule has 0 N–H and O–H groups in total. The van der Waals surface area contributed by atoms with Crippen molar-refractivity contribution < 1.29 is 9.47 Å². The van der Waals surface area contributed by atoms with Crippen molar-refractivity contribution in [3.05, 3.63) is 35.9 Å². The molecule has 2 nitrogen and oxygen atoms in total. The van der Waals surface area contributed by atoms with E-state index in [1.54, 1.807) is 0 Å². The molecule has 5 rings (SSSR count). The van der Waals surface area contributed by atoms with Gasteiger partial charge in [0.25, 0.3) is 0 Å². The minimum absolute atomic E-state index is 0.185. The van der Waals surface area contributed by atoms with E-state index in [4.69, 9.17) is 9.47 Å². The lowest BCUT2D eigenvalue weighted by molar-refractivity contribution is -0.164. The number of hydrogen-bond donors (Lipinski definition) is 0. The highest BCUT2D eigenvalue weighted by atomic mass is 32.2. The average Bonchev–Trinajstić information content (AvgIpc) is 3.56. The SMILES string of the molecule is c1ccc(C(OCC2CCC3SC3C2)OCC2CCC3SC3C2)cc1. The number of fused-ring (bicyclic) bond motifs is 2. The van der Waals surface area contributed by atoms with Crippen LogP contribution in [0.3, 0.4) is 0 Å². The van der Waals surface area contributed by atoms with Gasteiger partial charge < -0.3 is 9.47 Å². The molecule has 0 aromatic heterocycles. The third-order valence-electron chi connectivity index (χ3n) is 6.26. The lowest BCUT2D eigenvalue weighted by atomic mass is 9.90. The Morgan fingerprint density at radius 3 is 1.84 bits per heavy atom. The highest BCUT2D eigenvalue weighted by Crippen LogP contribution is 2.53. The molecule has 0 spiro atoms. The van der Waals surface area contributed by atoms with E-state index in [0.717, 1.165) is 46.0 Å². The van der Waals surface area contributed by atoms with Crippen LogP contribution < -0.4 is 0 Å². The van der Waals surface area contributed by atoms with Crippen molar-refractivity contribution >= 4 is 23.5 Å². The van der Waals surface area contributed by atoms with Crippen LogP contribution >= 0.6 is 23.5 Å². The van der Waals surface area contributed by atoms with Crippen molar-refractivity contribution in [3.8, 4) is 0 Å². The molecule has 1 aromatic carbocycles. The molecule has 0 bridgehead atoms. The molecule has 2 aliphatic carbocycles. The van der Waals surface area contributed by atoms with Crippen LogP contribution in [0.5, 0.6) is 0 Å². The second-order valence-corrected chi connectivity index (χ2v) is 11.2. The van der Waals surface area contributed by atoms with Crippen molar-refractivity contribution in [2.75, 3.05) is 13.2 Å². The first-order valence-electron chi connectivity index (χ1n) is 9.94. The molecular formula is C21H28O2S2. The van der Waals surface area contributed by atoms with Gasteiger partial charge in [-0.3, -0.25) is 0 Å². The molecule has 4 heteroatoms. The fourth-order valence-corrected chi connectivity index (χ4v) is 7.10. The number of rotatable bonds is 7. The smallest absolute Gasteiger partial charge is 0.183 e. The van der Waals surface area contributed by atoms with E-state index in [-0.39, 0.29) is 6.29 Å². The maximum Gasteiger partial charge on any atom is 0.183 e. The molecule has 1 aromatic rings. The van der Waals surface area contributed by atoms with Gasteiger partial charge in [-0.15, -0.1) is 0 Å². The largest absolute Gasteiger partial charge is 0.348 e. The monoisotopic (exact) mass is 376 g/mol. The van der Waals surface area contributed by atoms with Crippen molar-refractivity contribution in [2.24, 2.45) is 11.8 Å². The first kappa shape index (κ1) is 17.0. The van der Waals surface area contributed by atoms with E-state index < -0.39 is 0 Å². The van der Waals surface area contributed by atoms with Crippen molar-refractivity contribution in [3.63, 3.8) is 0 Å². The van der Waals surface area contributed by atoms with Gasteiger partial charge in [-0.1, -0.05) is 30.3 Å². The number of benzene rings is 1. The third kappa shape index (κ3) is 4.23. The fraction of sp³-hybridized carbons (Fsp3) is 0.714. The average molecular weight is 377 g/mol. The Labute approximate surface area is 159 Å². The Morgan fingerprint density at radius 1 is 0.760 bits per heavy atom. The highest BCUT2D eigenvalue weighted by molar-refractivity contribution is 8.07. The zero-order valence-corrected chi connectivity index (χ0v) is 16.4. The Balaban J connectivity index is 1.16. The summed E-state index contributed by atoms with van der Waals surface area (Å²) in [5, 5.41) is 3.83. The Kier molecular flexibility index (Phi) is 5.06. The van der Waals surface area contributed by atoms with Crippen molar-refractivity contribution in [1.82, 2.24) is 0 Å². The summed E-state index contributed by atoms with van der Waals surface area (Å²) in [6.07, 6.45) is 7.96. The van der Waals surface area contributed by atoms with Gasteiger partial charge in [-0.25, -0.2) is 0 Å². The molecule has 2 heterocycles. The first-order valence-corrected chi connectivity index (χ1v) is 11.8. The van der Waals surface area contributed by atoms with Crippen molar-refractivity contribution in [2.45, 2.75) is 65.8 Å². The highest BCUT2D eigenvalue weighted by Gasteiger charge is 2.44. The minimum atomic E-state index is -0.185. The molecule has 2 aliphatic heterocycles. The van der Waals surface area contributed by atoms with Crippen LogP contribution in [0.25, 0.3) is 0 Å². The quantitative estimate of drug-likeness (QED) is 0.475. The van der Waals surface area contributed by atoms with E-state index in [1.807, 2.05) is 0 Å². The van der Waals surface area contributed by atoms with Gasteiger partial charge in [-0.2, -0.15) is 23.5 Å². The normalized spacial score (nSPS) is 40.0. The Hall–Kier alpha value is -0.160. The summed E-state index contributed by atoms with van der Waals surface area (Å²) in [6.45, 7) is 1.71. The van der Waals surface area contributed by atoms with Gasteiger partial charge in [0.1, 0.15) is 0 Å². The zero-order valence-electron chi connectivity index (χ0n) is 14.7. The summed E-state index contributed by atoms with van der Waals surface area (Å²) in [7, 11) is 0. The molecule has 6 atom stereocenters. The topological polar surface area (TPSA) is 18.5 Å². The summed E-state index contributed by atoms with van der Waals surface area (Å²) < 4.78 is 12.7. The molecule has 4 aliphatic rings. The molecule has 25 heavy (non-hydrogen) atoms. The lowest BCUT2D eigenvalue weighted by Gasteiger charge is -2.27. The summed E-state index contributed by atoms with van der Waals surface area (Å²) in [4.78, 5) is 0.